The predicted molar refractivity (Wildman–Crippen MR) is 51.9 cm³/mol. The van der Waals surface area contributed by atoms with Gasteiger partial charge >= 0.3 is 0 Å². The largest absolute Gasteiger partial charge is 0.261 e. The Kier molecular flexibility index (Phi) is 1.56. The van der Waals surface area contributed by atoms with Gasteiger partial charge < -0.3 is 0 Å². The Balaban J connectivity index is 2.17. The van der Waals surface area contributed by atoms with E-state index in [-0.39, 0.29) is 0 Å². The summed E-state index contributed by atoms with van der Waals surface area (Å²) >= 11 is 0. The van der Waals surface area contributed by atoms with E-state index in [1.807, 2.05) is 12.3 Å². The van der Waals surface area contributed by atoms with Gasteiger partial charge in [0.25, 0.3) is 0 Å². The smallest absolute Gasteiger partial charge is 0.115 e. The molecule has 0 saturated heterocycles. The monoisotopic (exact) mass is 183 g/mol. The van der Waals surface area contributed by atoms with E-state index in [0.717, 1.165) is 29.9 Å². The second kappa shape index (κ2) is 2.87. The van der Waals surface area contributed by atoms with E-state index in [1.54, 1.807) is 6.33 Å². The maximum Gasteiger partial charge on any atom is 0.115 e. The molecule has 0 N–H and O–H groups in total. The molecule has 0 spiro atoms. The average Bonchev–Trinajstić information content (AvgIpc) is 2.17. The molecule has 0 aliphatic heterocycles. The normalized spacial score (nSPS) is 13.1. The van der Waals surface area contributed by atoms with E-state index in [4.69, 9.17) is 0 Å². The summed E-state index contributed by atoms with van der Waals surface area (Å²) in [5, 5.41) is 0. The number of nitrogens with zero attached hydrogens (tertiary/aromatic N) is 3. The average molecular weight is 183 g/mol. The fraction of sp³-hybridized carbons (Fsp3) is 0.182. The zero-order valence-corrected chi connectivity index (χ0v) is 7.64. The molecular weight excluding hydrogens is 174 g/mol. The number of hydrogen-bond donors (Lipinski definition) is 0. The summed E-state index contributed by atoms with van der Waals surface area (Å²) in [5.41, 5.74) is 4.51. The third-order valence-electron chi connectivity index (χ3n) is 2.41. The lowest BCUT2D eigenvalue weighted by Crippen LogP contribution is -2.04. The molecule has 3 rings (SSSR count). The number of hydrogen-bond acceptors (Lipinski definition) is 3. The highest BCUT2D eigenvalue weighted by atomic mass is 14.8. The number of rotatable bonds is 0. The van der Waals surface area contributed by atoms with Gasteiger partial charge in [-0.2, -0.15) is 0 Å². The second-order valence-electron chi connectivity index (χ2n) is 3.51. The molecule has 0 unspecified atom stereocenters. The van der Waals surface area contributed by atoms with Crippen molar-refractivity contribution in [1.82, 2.24) is 15.0 Å². The van der Waals surface area contributed by atoms with Crippen LogP contribution in [0.5, 0.6) is 0 Å². The Morgan fingerprint density at radius 1 is 0.857 bits per heavy atom. The van der Waals surface area contributed by atoms with Gasteiger partial charge in [-0.1, -0.05) is 0 Å². The van der Waals surface area contributed by atoms with Crippen molar-refractivity contribution in [3.05, 3.63) is 53.4 Å². The lowest BCUT2D eigenvalue weighted by atomic mass is 10.0. The molecule has 3 nitrogen and oxygen atoms in total. The van der Waals surface area contributed by atoms with Gasteiger partial charge in [-0.05, 0) is 23.8 Å². The minimum Gasteiger partial charge on any atom is -0.261 e. The first kappa shape index (κ1) is 7.62. The zero-order chi connectivity index (χ0) is 9.38. The van der Waals surface area contributed by atoms with Gasteiger partial charge in [-0.25, -0.2) is 9.97 Å². The highest BCUT2D eigenvalue weighted by Gasteiger charge is 2.07. The Labute approximate surface area is 81.9 Å². The van der Waals surface area contributed by atoms with Crippen LogP contribution in [0.25, 0.3) is 0 Å². The van der Waals surface area contributed by atoms with Gasteiger partial charge in [-0.15, -0.1) is 0 Å². The molecule has 1 aliphatic carbocycles. The molecule has 14 heavy (non-hydrogen) atoms. The molecule has 0 radical (unpaired) electrons. The molecule has 68 valence electrons. The maximum absolute atomic E-state index is 4.30. The molecule has 4 bridgehead atoms. The number of fused-ring (bicyclic) bond motifs is 4. The fourth-order valence-corrected chi connectivity index (χ4v) is 1.77. The molecule has 0 amide bonds. The molecule has 1 aliphatic rings. The third-order valence-corrected chi connectivity index (χ3v) is 2.41. The van der Waals surface area contributed by atoms with Crippen molar-refractivity contribution in [2.75, 3.05) is 0 Å². The van der Waals surface area contributed by atoms with Crippen LogP contribution in [-0.2, 0) is 12.8 Å². The van der Waals surface area contributed by atoms with Gasteiger partial charge in [0.15, 0.2) is 0 Å². The van der Waals surface area contributed by atoms with E-state index >= 15 is 0 Å². The summed E-state index contributed by atoms with van der Waals surface area (Å²) in [6.07, 6.45) is 5.18. The summed E-state index contributed by atoms with van der Waals surface area (Å²) in [5.74, 6) is 0. The Bertz CT molecular complexity index is 399. The summed E-state index contributed by atoms with van der Waals surface area (Å²) in [4.78, 5) is 12.7. The predicted octanol–water partition coefficient (Wildman–Crippen LogP) is 1.37. The molecule has 0 fully saturated rings. The third kappa shape index (κ3) is 1.27. The molecule has 2 aromatic heterocycles. The van der Waals surface area contributed by atoms with E-state index in [2.05, 4.69) is 27.1 Å². The minimum atomic E-state index is 0.809. The van der Waals surface area contributed by atoms with Crippen molar-refractivity contribution < 1.29 is 0 Å². The van der Waals surface area contributed by atoms with Crippen molar-refractivity contribution in [3.63, 3.8) is 0 Å². The van der Waals surface area contributed by atoms with Crippen molar-refractivity contribution in [1.29, 1.82) is 0 Å². The molecule has 2 aromatic rings. The van der Waals surface area contributed by atoms with Crippen LogP contribution in [-0.4, -0.2) is 15.0 Å². The van der Waals surface area contributed by atoms with Crippen LogP contribution < -0.4 is 0 Å². The summed E-state index contributed by atoms with van der Waals surface area (Å²) in [7, 11) is 0. The van der Waals surface area contributed by atoms with E-state index in [1.165, 1.54) is 5.56 Å². The summed E-state index contributed by atoms with van der Waals surface area (Å²) in [6, 6.07) is 6.22. The van der Waals surface area contributed by atoms with Crippen LogP contribution in [0.2, 0.25) is 0 Å². The van der Waals surface area contributed by atoms with Crippen molar-refractivity contribution in [2.24, 2.45) is 0 Å². The maximum atomic E-state index is 4.30. The second-order valence-corrected chi connectivity index (χ2v) is 3.51. The highest BCUT2D eigenvalue weighted by molar-refractivity contribution is 5.28. The van der Waals surface area contributed by atoms with Crippen molar-refractivity contribution >= 4 is 0 Å². The first-order chi connectivity index (χ1) is 6.90. The molecule has 3 heteroatoms. The molecule has 0 aromatic carbocycles. The van der Waals surface area contributed by atoms with Crippen LogP contribution in [0.1, 0.15) is 22.6 Å². The van der Waals surface area contributed by atoms with Gasteiger partial charge in [0, 0.05) is 36.1 Å². The van der Waals surface area contributed by atoms with Crippen LogP contribution in [0, 0.1) is 0 Å². The minimum absolute atomic E-state index is 0.809. The number of pyridine rings is 1. The fourth-order valence-electron chi connectivity index (χ4n) is 1.77. The van der Waals surface area contributed by atoms with Crippen LogP contribution in [0.15, 0.2) is 30.7 Å². The van der Waals surface area contributed by atoms with E-state index in [0.29, 0.717) is 0 Å². The van der Waals surface area contributed by atoms with Gasteiger partial charge in [0.2, 0.25) is 0 Å². The summed E-state index contributed by atoms with van der Waals surface area (Å²) < 4.78 is 0. The number of aromatic nitrogens is 3. The van der Waals surface area contributed by atoms with E-state index < -0.39 is 0 Å². The van der Waals surface area contributed by atoms with Gasteiger partial charge in [-0.3, -0.25) is 4.98 Å². The zero-order valence-electron chi connectivity index (χ0n) is 7.64. The van der Waals surface area contributed by atoms with Gasteiger partial charge in [0.1, 0.15) is 6.33 Å². The van der Waals surface area contributed by atoms with Gasteiger partial charge in [0.05, 0.1) is 0 Å². The SMILES string of the molecule is c1cc2cc(n1)Cc1cc(ncn1)C2. The topological polar surface area (TPSA) is 38.7 Å². The highest BCUT2D eigenvalue weighted by Crippen LogP contribution is 2.14. The molecule has 0 atom stereocenters. The van der Waals surface area contributed by atoms with Crippen LogP contribution in [0.4, 0.5) is 0 Å². The van der Waals surface area contributed by atoms with E-state index in [9.17, 15) is 0 Å². The molecule has 0 saturated carbocycles. The first-order valence-corrected chi connectivity index (χ1v) is 4.64. The first-order valence-electron chi connectivity index (χ1n) is 4.64. The Morgan fingerprint density at radius 2 is 1.64 bits per heavy atom. The van der Waals surface area contributed by atoms with Crippen LogP contribution >= 0.6 is 0 Å². The molecule has 2 heterocycles. The van der Waals surface area contributed by atoms with Crippen molar-refractivity contribution in [2.45, 2.75) is 12.8 Å². The van der Waals surface area contributed by atoms with Crippen LogP contribution in [0.3, 0.4) is 0 Å². The van der Waals surface area contributed by atoms with Crippen molar-refractivity contribution in [3.8, 4) is 0 Å². The summed E-state index contributed by atoms with van der Waals surface area (Å²) in [6.45, 7) is 0. The Morgan fingerprint density at radius 3 is 2.57 bits per heavy atom. The quantitative estimate of drug-likeness (QED) is 0.528. The molecular formula is C11H9N3. The Hall–Kier alpha value is -1.77. The standard InChI is InChI=1S/C11H9N3/c1-2-12-9-3-8(1)4-10-6-11(5-9)14-7-13-10/h1-3,6-7H,4-5H2. The lowest BCUT2D eigenvalue weighted by Gasteiger charge is -2.09. The lowest BCUT2D eigenvalue weighted by molar-refractivity contribution is 0.917.